The van der Waals surface area contributed by atoms with Crippen molar-refractivity contribution in [3.63, 3.8) is 0 Å². The fraction of sp³-hybridized carbons (Fsp3) is 0.579. The van der Waals surface area contributed by atoms with Crippen LogP contribution in [0.4, 0.5) is 0 Å². The van der Waals surface area contributed by atoms with E-state index in [0.29, 0.717) is 0 Å². The van der Waals surface area contributed by atoms with E-state index in [1.165, 1.54) is 12.7 Å². The van der Waals surface area contributed by atoms with Crippen LogP contribution in [-0.4, -0.2) is 50.1 Å². The summed E-state index contributed by atoms with van der Waals surface area (Å²) in [5.41, 5.74) is 1.28. The van der Waals surface area contributed by atoms with E-state index in [0.717, 1.165) is 62.8 Å². The Balaban J connectivity index is 1.82. The standard InChI is InChI=1S/C19H28ClN3O2/c1-3-21-19(23-13-10-16(11-14-23)18(24)25-2)22-12-4-5-15-6-8-17(20)9-7-15/h6-9,16H,3-5,10-14H2,1-2H3,(H,21,22). The summed E-state index contributed by atoms with van der Waals surface area (Å²) < 4.78 is 4.85. The zero-order valence-electron chi connectivity index (χ0n) is 15.1. The van der Waals surface area contributed by atoms with E-state index >= 15 is 0 Å². The molecule has 138 valence electrons. The van der Waals surface area contributed by atoms with Gasteiger partial charge in [-0.3, -0.25) is 9.79 Å². The Kier molecular flexibility index (Phi) is 8.06. The molecule has 0 amide bonds. The predicted octanol–water partition coefficient (Wildman–Crippen LogP) is 3.12. The Morgan fingerprint density at radius 1 is 1.32 bits per heavy atom. The van der Waals surface area contributed by atoms with Crippen LogP contribution in [0.2, 0.25) is 5.02 Å². The Morgan fingerprint density at radius 3 is 2.60 bits per heavy atom. The minimum atomic E-state index is -0.0930. The van der Waals surface area contributed by atoms with Gasteiger partial charge >= 0.3 is 5.97 Å². The van der Waals surface area contributed by atoms with Crippen LogP contribution in [0, 0.1) is 5.92 Å². The summed E-state index contributed by atoms with van der Waals surface area (Å²) in [6, 6.07) is 7.98. The van der Waals surface area contributed by atoms with Crippen molar-refractivity contribution in [3.05, 3.63) is 34.9 Å². The number of carbonyl (C=O) groups excluding carboxylic acids is 1. The van der Waals surface area contributed by atoms with Crippen molar-refractivity contribution >= 4 is 23.5 Å². The lowest BCUT2D eigenvalue weighted by Gasteiger charge is -2.33. The van der Waals surface area contributed by atoms with Gasteiger partial charge in [-0.1, -0.05) is 23.7 Å². The second-order valence-corrected chi connectivity index (χ2v) is 6.69. The van der Waals surface area contributed by atoms with Crippen LogP contribution in [0.5, 0.6) is 0 Å². The molecule has 1 saturated heterocycles. The largest absolute Gasteiger partial charge is 0.469 e. The second kappa shape index (κ2) is 10.3. The summed E-state index contributed by atoms with van der Waals surface area (Å²) in [6.07, 6.45) is 3.63. The highest BCUT2D eigenvalue weighted by atomic mass is 35.5. The average Bonchev–Trinajstić information content (AvgIpc) is 2.65. The van der Waals surface area contributed by atoms with Crippen molar-refractivity contribution in [2.75, 3.05) is 33.3 Å². The number of halogens is 1. The first-order chi connectivity index (χ1) is 12.1. The molecule has 25 heavy (non-hydrogen) atoms. The van der Waals surface area contributed by atoms with Crippen LogP contribution in [0.1, 0.15) is 31.7 Å². The topological polar surface area (TPSA) is 53.9 Å². The zero-order valence-corrected chi connectivity index (χ0v) is 15.9. The summed E-state index contributed by atoms with van der Waals surface area (Å²) in [7, 11) is 1.46. The fourth-order valence-corrected chi connectivity index (χ4v) is 3.16. The molecule has 0 aromatic heterocycles. The van der Waals surface area contributed by atoms with Crippen molar-refractivity contribution in [2.24, 2.45) is 10.9 Å². The number of guanidine groups is 1. The van der Waals surface area contributed by atoms with Crippen LogP contribution in [0.15, 0.2) is 29.3 Å². The molecule has 1 N–H and O–H groups in total. The number of piperidine rings is 1. The van der Waals surface area contributed by atoms with Gasteiger partial charge in [-0.05, 0) is 50.3 Å². The molecule has 5 nitrogen and oxygen atoms in total. The number of ether oxygens (including phenoxy) is 1. The van der Waals surface area contributed by atoms with Crippen molar-refractivity contribution in [1.29, 1.82) is 0 Å². The minimum absolute atomic E-state index is 0.0223. The molecule has 6 heteroatoms. The van der Waals surface area contributed by atoms with Gasteiger partial charge in [0, 0.05) is 31.2 Å². The number of hydrogen-bond acceptors (Lipinski definition) is 3. The summed E-state index contributed by atoms with van der Waals surface area (Å²) >= 11 is 5.91. The number of aliphatic imine (C=N–C) groups is 1. The molecule has 1 aromatic rings. The number of hydrogen-bond donors (Lipinski definition) is 1. The van der Waals surface area contributed by atoms with E-state index in [9.17, 15) is 4.79 Å². The Hall–Kier alpha value is -1.75. The van der Waals surface area contributed by atoms with Gasteiger partial charge in [0.15, 0.2) is 5.96 Å². The molecule has 1 heterocycles. The van der Waals surface area contributed by atoms with E-state index < -0.39 is 0 Å². The molecule has 2 rings (SSSR count). The van der Waals surface area contributed by atoms with Crippen molar-refractivity contribution < 1.29 is 9.53 Å². The van der Waals surface area contributed by atoms with E-state index in [1.807, 2.05) is 12.1 Å². The SMILES string of the molecule is CCNC(=NCCCc1ccc(Cl)cc1)N1CCC(C(=O)OC)CC1. The first kappa shape index (κ1) is 19.6. The summed E-state index contributed by atoms with van der Waals surface area (Å²) in [5, 5.41) is 4.13. The van der Waals surface area contributed by atoms with Crippen molar-refractivity contribution in [3.8, 4) is 0 Å². The van der Waals surface area contributed by atoms with Crippen LogP contribution >= 0.6 is 11.6 Å². The maximum Gasteiger partial charge on any atom is 0.308 e. The lowest BCUT2D eigenvalue weighted by atomic mass is 9.97. The second-order valence-electron chi connectivity index (χ2n) is 6.25. The van der Waals surface area contributed by atoms with Gasteiger partial charge < -0.3 is 15.0 Å². The van der Waals surface area contributed by atoms with Crippen LogP contribution in [-0.2, 0) is 16.0 Å². The quantitative estimate of drug-likeness (QED) is 0.364. The number of likely N-dealkylation sites (tertiary alicyclic amines) is 1. The molecule has 0 saturated carbocycles. The molecular formula is C19H28ClN3O2. The van der Waals surface area contributed by atoms with E-state index in [4.69, 9.17) is 21.3 Å². The molecular weight excluding hydrogens is 338 g/mol. The zero-order chi connectivity index (χ0) is 18.1. The van der Waals surface area contributed by atoms with Gasteiger partial charge in [0.05, 0.1) is 13.0 Å². The number of nitrogens with zero attached hydrogens (tertiary/aromatic N) is 2. The van der Waals surface area contributed by atoms with Gasteiger partial charge in [-0.25, -0.2) is 0 Å². The fourth-order valence-electron chi connectivity index (χ4n) is 3.04. The number of nitrogens with one attached hydrogen (secondary N) is 1. The molecule has 0 spiro atoms. The van der Waals surface area contributed by atoms with E-state index in [1.54, 1.807) is 0 Å². The molecule has 1 aliphatic heterocycles. The monoisotopic (exact) mass is 365 g/mol. The third-order valence-electron chi connectivity index (χ3n) is 4.46. The van der Waals surface area contributed by atoms with E-state index in [2.05, 4.69) is 29.3 Å². The number of aryl methyl sites for hydroxylation is 1. The van der Waals surface area contributed by atoms with Crippen LogP contribution < -0.4 is 5.32 Å². The minimum Gasteiger partial charge on any atom is -0.469 e. The molecule has 0 bridgehead atoms. The lowest BCUT2D eigenvalue weighted by Crippen LogP contribution is -2.46. The van der Waals surface area contributed by atoms with Gasteiger partial charge in [0.1, 0.15) is 0 Å². The molecule has 1 fully saturated rings. The molecule has 1 aliphatic rings. The lowest BCUT2D eigenvalue weighted by molar-refractivity contribution is -0.146. The van der Waals surface area contributed by atoms with Gasteiger partial charge in [0.2, 0.25) is 0 Å². The highest BCUT2D eigenvalue weighted by Gasteiger charge is 2.26. The molecule has 0 atom stereocenters. The predicted molar refractivity (Wildman–Crippen MR) is 102 cm³/mol. The smallest absolute Gasteiger partial charge is 0.308 e. The van der Waals surface area contributed by atoms with Gasteiger partial charge in [0.25, 0.3) is 0 Å². The van der Waals surface area contributed by atoms with Gasteiger partial charge in [-0.15, -0.1) is 0 Å². The third kappa shape index (κ3) is 6.24. The first-order valence-electron chi connectivity index (χ1n) is 8.99. The van der Waals surface area contributed by atoms with Crippen LogP contribution in [0.3, 0.4) is 0 Å². The number of esters is 1. The molecule has 0 radical (unpaired) electrons. The van der Waals surface area contributed by atoms with Gasteiger partial charge in [-0.2, -0.15) is 0 Å². The Morgan fingerprint density at radius 2 is 2.00 bits per heavy atom. The Labute approximate surface area is 155 Å². The van der Waals surface area contributed by atoms with Crippen LogP contribution in [0.25, 0.3) is 0 Å². The highest BCUT2D eigenvalue weighted by Crippen LogP contribution is 2.18. The van der Waals surface area contributed by atoms with Crippen molar-refractivity contribution in [1.82, 2.24) is 10.2 Å². The molecule has 0 unspecified atom stereocenters. The maximum absolute atomic E-state index is 11.6. The maximum atomic E-state index is 11.6. The van der Waals surface area contributed by atoms with E-state index in [-0.39, 0.29) is 11.9 Å². The Bertz CT molecular complexity index is 567. The number of rotatable bonds is 6. The normalized spacial score (nSPS) is 16.0. The molecule has 0 aliphatic carbocycles. The summed E-state index contributed by atoms with van der Waals surface area (Å²) in [4.78, 5) is 18.6. The number of carbonyl (C=O) groups is 1. The average molecular weight is 366 g/mol. The number of methoxy groups -OCH3 is 1. The van der Waals surface area contributed by atoms with Crippen molar-refractivity contribution in [2.45, 2.75) is 32.6 Å². The third-order valence-corrected chi connectivity index (χ3v) is 4.71. The first-order valence-corrected chi connectivity index (χ1v) is 9.37. The highest BCUT2D eigenvalue weighted by molar-refractivity contribution is 6.30. The number of benzene rings is 1. The summed E-state index contributed by atoms with van der Waals surface area (Å²) in [5.74, 6) is 0.875. The molecule has 1 aromatic carbocycles. The summed E-state index contributed by atoms with van der Waals surface area (Å²) in [6.45, 7) is 5.37.